The van der Waals surface area contributed by atoms with Crippen LogP contribution in [0.5, 0.6) is 34.5 Å². The SMILES string of the molecule is COCOC1=CCC([C@@]2(C)COc3cc(OCOC)ccc3[C@H]2c2ccc(OCCCCN3CCCCC3)cc2)C=C1.C[C@]1(C2C=CC(O)=CC2)COc2cc(O)ccc2[C@H]1c1ccc(OCCCCN2CCCCC2)cc1. The Hall–Kier alpha value is -5.92. The maximum absolute atomic E-state index is 10.0. The molecule has 2 saturated heterocycles. The van der Waals surface area contributed by atoms with Gasteiger partial charge in [-0.05, 0) is 187 Å². The number of nitrogens with zero attached hydrogens (tertiary/aromatic N) is 2. The average molecular weight is 1070 g/mol. The van der Waals surface area contributed by atoms with Crippen molar-refractivity contribution in [3.8, 4) is 34.5 Å². The van der Waals surface area contributed by atoms with Gasteiger partial charge in [0.25, 0.3) is 0 Å². The number of aliphatic hydroxyl groups is 1. The molecule has 2 unspecified atom stereocenters. The molecule has 0 amide bonds. The zero-order valence-corrected chi connectivity index (χ0v) is 46.9. The maximum atomic E-state index is 10.0. The first-order valence-corrected chi connectivity index (χ1v) is 29.0. The molecule has 6 aliphatic rings. The fraction of sp³-hybridized carbons (Fsp3) is 0.515. The van der Waals surface area contributed by atoms with E-state index in [1.165, 1.54) is 107 Å². The van der Waals surface area contributed by atoms with E-state index in [-0.39, 0.29) is 53.8 Å². The number of fused-ring (bicyclic) bond motifs is 2. The molecule has 0 aromatic heterocycles. The van der Waals surface area contributed by atoms with E-state index in [9.17, 15) is 10.2 Å². The van der Waals surface area contributed by atoms with Gasteiger partial charge >= 0.3 is 0 Å². The number of likely N-dealkylation sites (tertiary alicyclic amines) is 2. The van der Waals surface area contributed by atoms with Crippen LogP contribution >= 0.6 is 0 Å². The van der Waals surface area contributed by atoms with E-state index in [1.807, 2.05) is 24.3 Å². The zero-order valence-electron chi connectivity index (χ0n) is 46.9. The van der Waals surface area contributed by atoms with Crippen LogP contribution in [0.3, 0.4) is 0 Å². The van der Waals surface area contributed by atoms with Crippen LogP contribution in [0, 0.1) is 22.7 Å². The zero-order chi connectivity index (χ0) is 54.2. The van der Waals surface area contributed by atoms with Gasteiger partial charge in [0.1, 0.15) is 46.0 Å². The van der Waals surface area contributed by atoms with Crippen LogP contribution in [0.25, 0.3) is 0 Å². The van der Waals surface area contributed by atoms with Crippen LogP contribution in [0.15, 0.2) is 133 Å². The number of hydrogen-bond acceptors (Lipinski definition) is 12. The molecule has 6 atom stereocenters. The quantitative estimate of drug-likeness (QED) is 0.0576. The molecule has 78 heavy (non-hydrogen) atoms. The minimum atomic E-state index is -0.214. The smallest absolute Gasteiger partial charge is 0.188 e. The Balaban J connectivity index is 0.000000192. The highest BCUT2D eigenvalue weighted by atomic mass is 16.7. The fourth-order valence-corrected chi connectivity index (χ4v) is 12.6. The van der Waals surface area contributed by atoms with Crippen molar-refractivity contribution in [3.63, 3.8) is 0 Å². The van der Waals surface area contributed by atoms with Crippen molar-refractivity contribution in [2.75, 3.05) is 93.5 Å². The number of rotatable bonds is 22. The molecule has 2 aliphatic carbocycles. The summed E-state index contributed by atoms with van der Waals surface area (Å²) in [4.78, 5) is 5.18. The molecule has 0 radical (unpaired) electrons. The van der Waals surface area contributed by atoms with Gasteiger partial charge in [0, 0.05) is 60.1 Å². The predicted molar refractivity (Wildman–Crippen MR) is 307 cm³/mol. The lowest BCUT2D eigenvalue weighted by Crippen LogP contribution is -2.42. The van der Waals surface area contributed by atoms with Gasteiger partial charge in [-0.15, -0.1) is 0 Å². The third kappa shape index (κ3) is 14.5. The summed E-state index contributed by atoms with van der Waals surface area (Å²) in [5.41, 5.74) is 4.31. The summed E-state index contributed by atoms with van der Waals surface area (Å²) < 4.78 is 46.5. The lowest BCUT2D eigenvalue weighted by molar-refractivity contribution is 0.00814. The standard InChI is InChI=1S/C35H47NO6.C31H39NO4/c1-35(28-11-15-30(16-12-28)41-25-37-2)24-40-33-23-31(42-26-38-3)17-18-32(33)34(35)27-9-13-29(14-10-27)39-22-8-7-21-36-19-5-4-6-20-36;1-31(24-9-11-25(33)12-10-24)22-36-29-21-26(34)13-16-28(29)30(31)23-7-14-27(15-8-23)35-20-6-5-19-32-17-3-2-4-18-32/h9-11,13-18,23,28,34H,4-8,12,19-22,24-26H2,1-3H3;7-9,11-16,21,24,30,33-34H,2-6,10,17-20,22H2,1H3/t28?,34-,35-;24?,30-,31-/m11/s1. The van der Waals surface area contributed by atoms with E-state index >= 15 is 0 Å². The summed E-state index contributed by atoms with van der Waals surface area (Å²) in [6, 6.07) is 28.8. The topological polar surface area (TPSA) is 121 Å². The molecule has 2 fully saturated rings. The summed E-state index contributed by atoms with van der Waals surface area (Å²) in [5.74, 6) is 6.26. The highest BCUT2D eigenvalue weighted by molar-refractivity contribution is 5.52. The van der Waals surface area contributed by atoms with Gasteiger partial charge in [-0.2, -0.15) is 0 Å². The van der Waals surface area contributed by atoms with Crippen LogP contribution in [0.2, 0.25) is 0 Å². The monoisotopic (exact) mass is 1070 g/mol. The van der Waals surface area contributed by atoms with Crippen molar-refractivity contribution in [1.29, 1.82) is 0 Å². The number of aliphatic hydroxyl groups excluding tert-OH is 1. The molecule has 12 nitrogen and oxygen atoms in total. The van der Waals surface area contributed by atoms with Crippen LogP contribution in [0.4, 0.5) is 0 Å². The number of allylic oxidation sites excluding steroid dienone is 6. The van der Waals surface area contributed by atoms with Crippen LogP contribution in [-0.4, -0.2) is 114 Å². The van der Waals surface area contributed by atoms with Crippen LogP contribution in [-0.2, 0) is 14.2 Å². The first-order chi connectivity index (χ1) is 38.1. The molecular weight excluding hydrogens is 981 g/mol. The molecule has 10 rings (SSSR count). The number of benzene rings is 4. The van der Waals surface area contributed by atoms with Crippen molar-refractivity contribution in [3.05, 3.63) is 155 Å². The summed E-state index contributed by atoms with van der Waals surface area (Å²) in [6.45, 7) is 15.1. The average Bonchev–Trinajstić information content (AvgIpc) is 3.66. The highest BCUT2D eigenvalue weighted by Crippen LogP contribution is 2.56. The van der Waals surface area contributed by atoms with Crippen LogP contribution < -0.4 is 23.7 Å². The Morgan fingerprint density at radius 2 is 1.01 bits per heavy atom. The lowest BCUT2D eigenvalue weighted by atomic mass is 9.61. The summed E-state index contributed by atoms with van der Waals surface area (Å²) in [6.07, 6.45) is 26.6. The summed E-state index contributed by atoms with van der Waals surface area (Å²) >= 11 is 0. The van der Waals surface area contributed by atoms with Crippen molar-refractivity contribution in [1.82, 2.24) is 9.80 Å². The Morgan fingerprint density at radius 3 is 1.51 bits per heavy atom. The highest BCUT2D eigenvalue weighted by Gasteiger charge is 2.48. The largest absolute Gasteiger partial charge is 0.508 e. The van der Waals surface area contributed by atoms with E-state index in [2.05, 4.69) is 103 Å². The van der Waals surface area contributed by atoms with Gasteiger partial charge < -0.3 is 57.9 Å². The summed E-state index contributed by atoms with van der Waals surface area (Å²) in [5, 5.41) is 19.9. The molecule has 0 bridgehead atoms. The minimum absolute atomic E-state index is 0.0868. The second kappa shape index (κ2) is 27.8. The molecular formula is C66H86N2O10. The Morgan fingerprint density at radius 1 is 0.526 bits per heavy atom. The minimum Gasteiger partial charge on any atom is -0.508 e. The fourth-order valence-electron chi connectivity index (χ4n) is 12.6. The molecule has 0 saturated carbocycles. The van der Waals surface area contributed by atoms with E-state index < -0.39 is 0 Å². The predicted octanol–water partition coefficient (Wildman–Crippen LogP) is 13.5. The third-order valence-electron chi connectivity index (χ3n) is 17.1. The molecule has 0 spiro atoms. The first kappa shape index (κ1) is 56.8. The Bertz CT molecular complexity index is 2640. The number of hydrogen-bond donors (Lipinski definition) is 2. The number of aromatic hydroxyl groups is 1. The van der Waals surface area contributed by atoms with Gasteiger partial charge in [-0.1, -0.05) is 75.2 Å². The van der Waals surface area contributed by atoms with E-state index in [4.69, 9.17) is 37.9 Å². The van der Waals surface area contributed by atoms with Gasteiger partial charge in [0.2, 0.25) is 0 Å². The van der Waals surface area contributed by atoms with Crippen molar-refractivity contribution in [2.45, 2.75) is 103 Å². The van der Waals surface area contributed by atoms with Crippen molar-refractivity contribution in [2.24, 2.45) is 22.7 Å². The first-order valence-electron chi connectivity index (χ1n) is 29.0. The van der Waals surface area contributed by atoms with Crippen molar-refractivity contribution >= 4 is 0 Å². The van der Waals surface area contributed by atoms with Gasteiger partial charge in [-0.25, -0.2) is 0 Å². The van der Waals surface area contributed by atoms with Crippen LogP contribution in [0.1, 0.15) is 125 Å². The summed E-state index contributed by atoms with van der Waals surface area (Å²) in [7, 11) is 3.26. The molecule has 4 aromatic carbocycles. The van der Waals surface area contributed by atoms with Crippen molar-refractivity contribution < 1.29 is 48.1 Å². The Kier molecular flexibility index (Phi) is 20.2. The number of piperidine rings is 2. The maximum Gasteiger partial charge on any atom is 0.188 e. The van der Waals surface area contributed by atoms with E-state index in [1.54, 1.807) is 32.4 Å². The molecule has 4 aromatic rings. The number of phenols is 1. The molecule has 4 aliphatic heterocycles. The number of methoxy groups -OCH3 is 2. The molecule has 12 heteroatoms. The van der Waals surface area contributed by atoms with Gasteiger partial charge in [-0.3, -0.25) is 0 Å². The third-order valence-corrected chi connectivity index (χ3v) is 17.1. The number of phenolic OH excluding ortho intramolecular Hbond substituents is 1. The molecule has 4 heterocycles. The van der Waals surface area contributed by atoms with E-state index in [0.29, 0.717) is 19.0 Å². The molecule has 420 valence electrons. The number of unbranched alkanes of at least 4 members (excludes halogenated alkanes) is 2. The second-order valence-corrected chi connectivity index (χ2v) is 22.7. The Labute approximate surface area is 464 Å². The second-order valence-electron chi connectivity index (χ2n) is 22.7. The molecule has 2 N–H and O–H groups in total. The van der Waals surface area contributed by atoms with E-state index in [0.717, 1.165) is 79.0 Å². The number of ether oxygens (including phenoxy) is 8. The van der Waals surface area contributed by atoms with Gasteiger partial charge in [0.05, 0.1) is 26.4 Å². The lowest BCUT2D eigenvalue weighted by Gasteiger charge is -2.47. The van der Waals surface area contributed by atoms with Gasteiger partial charge in [0.15, 0.2) is 13.6 Å². The normalized spacial score (nSPS) is 24.9.